The summed E-state index contributed by atoms with van der Waals surface area (Å²) in [6.07, 6.45) is 2.12. The van der Waals surface area contributed by atoms with Gasteiger partial charge in [-0.25, -0.2) is 0 Å². The van der Waals surface area contributed by atoms with Gasteiger partial charge in [0.1, 0.15) is 0 Å². The Kier molecular flexibility index (Phi) is 6.01. The topological polar surface area (TPSA) is 61.4 Å². The van der Waals surface area contributed by atoms with E-state index in [1.54, 1.807) is 42.5 Å². The van der Waals surface area contributed by atoms with E-state index in [4.69, 9.17) is 23.2 Å². The third-order valence-electron chi connectivity index (χ3n) is 4.20. The summed E-state index contributed by atoms with van der Waals surface area (Å²) in [4.78, 5) is 26.2. The third-order valence-corrected chi connectivity index (χ3v) is 5.02. The smallest absolute Gasteiger partial charge is 0.253 e. The Bertz CT molecular complexity index is 803. The summed E-state index contributed by atoms with van der Waals surface area (Å²) in [5.74, 6) is -0.183. The summed E-state index contributed by atoms with van der Waals surface area (Å²) < 4.78 is 0. The Morgan fingerprint density at radius 2 is 1.69 bits per heavy atom. The lowest BCUT2D eigenvalue weighted by Gasteiger charge is -2.15. The summed E-state index contributed by atoms with van der Waals surface area (Å²) in [6.45, 7) is 1.68. The maximum absolute atomic E-state index is 12.3. The Morgan fingerprint density at radius 1 is 1.00 bits per heavy atom. The first kappa shape index (κ1) is 18.5. The lowest BCUT2D eigenvalue weighted by atomic mass is 10.2. The van der Waals surface area contributed by atoms with Crippen LogP contribution in [0.3, 0.4) is 0 Å². The van der Waals surface area contributed by atoms with E-state index in [0.29, 0.717) is 27.0 Å². The van der Waals surface area contributed by atoms with Crippen LogP contribution in [0.5, 0.6) is 0 Å². The van der Waals surface area contributed by atoms with Crippen molar-refractivity contribution in [2.75, 3.05) is 30.3 Å². The molecule has 0 radical (unpaired) electrons. The summed E-state index contributed by atoms with van der Waals surface area (Å²) in [5, 5.41) is 6.54. The van der Waals surface area contributed by atoms with Crippen molar-refractivity contribution in [3.05, 3.63) is 58.1 Å². The van der Waals surface area contributed by atoms with Gasteiger partial charge in [0, 0.05) is 24.3 Å². The van der Waals surface area contributed by atoms with Crippen LogP contribution in [0.15, 0.2) is 42.5 Å². The van der Waals surface area contributed by atoms with E-state index < -0.39 is 0 Å². The molecular formula is C19H19Cl2N3O2. The van der Waals surface area contributed by atoms with E-state index in [2.05, 4.69) is 10.6 Å². The van der Waals surface area contributed by atoms with Crippen LogP contribution in [0.2, 0.25) is 10.0 Å². The molecule has 1 saturated heterocycles. The highest BCUT2D eigenvalue weighted by Crippen LogP contribution is 2.29. The van der Waals surface area contributed by atoms with Crippen molar-refractivity contribution in [3.63, 3.8) is 0 Å². The second-order valence-corrected chi connectivity index (χ2v) is 6.86. The number of likely N-dealkylation sites (tertiary alicyclic amines) is 1. The van der Waals surface area contributed by atoms with Gasteiger partial charge < -0.3 is 15.5 Å². The van der Waals surface area contributed by atoms with E-state index in [1.807, 2.05) is 4.90 Å². The molecule has 136 valence electrons. The SMILES string of the molecule is O=C(CNc1cccc(Cl)c1Cl)Nc1ccc(C(=O)N2CCCC2)cc1. The highest BCUT2D eigenvalue weighted by molar-refractivity contribution is 6.43. The van der Waals surface area contributed by atoms with Crippen LogP contribution in [-0.2, 0) is 4.79 Å². The van der Waals surface area contributed by atoms with Crippen molar-refractivity contribution in [2.24, 2.45) is 0 Å². The molecule has 0 aromatic heterocycles. The third kappa shape index (κ3) is 4.48. The molecule has 0 unspecified atom stereocenters. The van der Waals surface area contributed by atoms with E-state index in [-0.39, 0.29) is 18.4 Å². The molecular weight excluding hydrogens is 373 g/mol. The molecule has 1 fully saturated rings. The second-order valence-electron chi connectivity index (χ2n) is 6.08. The van der Waals surface area contributed by atoms with Gasteiger partial charge in [0.25, 0.3) is 5.91 Å². The summed E-state index contributed by atoms with van der Waals surface area (Å²) >= 11 is 12.0. The average Bonchev–Trinajstić information content (AvgIpc) is 3.18. The molecule has 0 atom stereocenters. The number of halogens is 2. The Labute approximate surface area is 162 Å². The van der Waals surface area contributed by atoms with Crippen molar-refractivity contribution in [3.8, 4) is 0 Å². The first-order valence-corrected chi connectivity index (χ1v) is 9.17. The molecule has 1 aliphatic heterocycles. The molecule has 3 rings (SSSR count). The quantitative estimate of drug-likeness (QED) is 0.799. The van der Waals surface area contributed by atoms with Gasteiger partial charge in [0.2, 0.25) is 5.91 Å². The molecule has 7 heteroatoms. The first-order valence-electron chi connectivity index (χ1n) is 8.41. The fourth-order valence-electron chi connectivity index (χ4n) is 2.82. The normalized spacial score (nSPS) is 13.5. The minimum absolute atomic E-state index is 0.0395. The molecule has 2 amide bonds. The minimum Gasteiger partial charge on any atom is -0.375 e. The van der Waals surface area contributed by atoms with Crippen molar-refractivity contribution >= 4 is 46.4 Å². The van der Waals surface area contributed by atoms with Gasteiger partial charge in [-0.15, -0.1) is 0 Å². The fourth-order valence-corrected chi connectivity index (χ4v) is 3.19. The zero-order valence-electron chi connectivity index (χ0n) is 14.1. The molecule has 2 N–H and O–H groups in total. The zero-order chi connectivity index (χ0) is 18.5. The molecule has 1 heterocycles. The van der Waals surface area contributed by atoms with Crippen molar-refractivity contribution in [2.45, 2.75) is 12.8 Å². The number of benzene rings is 2. The lowest BCUT2D eigenvalue weighted by Crippen LogP contribution is -2.27. The van der Waals surface area contributed by atoms with Gasteiger partial charge in [0.15, 0.2) is 0 Å². The molecule has 2 aromatic rings. The number of amides is 2. The van der Waals surface area contributed by atoms with Gasteiger partial charge in [-0.3, -0.25) is 9.59 Å². The Balaban J connectivity index is 1.54. The molecule has 26 heavy (non-hydrogen) atoms. The first-order chi connectivity index (χ1) is 12.5. The van der Waals surface area contributed by atoms with Crippen LogP contribution in [0.25, 0.3) is 0 Å². The summed E-state index contributed by atoms with van der Waals surface area (Å²) in [5.41, 5.74) is 1.86. The molecule has 0 aliphatic carbocycles. The van der Waals surface area contributed by atoms with E-state index in [1.165, 1.54) is 0 Å². The number of hydrogen-bond acceptors (Lipinski definition) is 3. The van der Waals surface area contributed by atoms with Crippen molar-refractivity contribution in [1.82, 2.24) is 4.90 Å². The van der Waals surface area contributed by atoms with Gasteiger partial charge in [-0.05, 0) is 49.2 Å². The molecule has 5 nitrogen and oxygen atoms in total. The van der Waals surface area contributed by atoms with E-state index in [0.717, 1.165) is 25.9 Å². The monoisotopic (exact) mass is 391 g/mol. The molecule has 0 spiro atoms. The number of rotatable bonds is 5. The summed E-state index contributed by atoms with van der Waals surface area (Å²) in [7, 11) is 0. The van der Waals surface area contributed by atoms with Crippen LogP contribution in [0.1, 0.15) is 23.2 Å². The Morgan fingerprint density at radius 3 is 2.38 bits per heavy atom. The standard InChI is InChI=1S/C19H19Cl2N3O2/c20-15-4-3-5-16(18(15)21)22-12-17(25)23-14-8-6-13(7-9-14)19(26)24-10-1-2-11-24/h3-9,22H,1-2,10-12H2,(H,23,25). The van der Waals surface area contributed by atoms with Crippen LogP contribution < -0.4 is 10.6 Å². The largest absolute Gasteiger partial charge is 0.375 e. The highest BCUT2D eigenvalue weighted by atomic mass is 35.5. The average molecular weight is 392 g/mol. The molecule has 0 bridgehead atoms. The predicted molar refractivity (Wildman–Crippen MR) is 105 cm³/mol. The lowest BCUT2D eigenvalue weighted by molar-refractivity contribution is -0.114. The number of nitrogens with one attached hydrogen (secondary N) is 2. The number of nitrogens with zero attached hydrogens (tertiary/aromatic N) is 1. The van der Waals surface area contributed by atoms with Crippen molar-refractivity contribution in [1.29, 1.82) is 0 Å². The van der Waals surface area contributed by atoms with Crippen LogP contribution in [0.4, 0.5) is 11.4 Å². The molecule has 1 aliphatic rings. The minimum atomic E-state index is -0.223. The van der Waals surface area contributed by atoms with Crippen LogP contribution in [0, 0.1) is 0 Å². The van der Waals surface area contributed by atoms with Crippen molar-refractivity contribution < 1.29 is 9.59 Å². The van der Waals surface area contributed by atoms with Gasteiger partial charge >= 0.3 is 0 Å². The maximum atomic E-state index is 12.3. The zero-order valence-corrected chi connectivity index (χ0v) is 15.6. The van der Waals surface area contributed by atoms with Crippen LogP contribution >= 0.6 is 23.2 Å². The number of carbonyl (C=O) groups is 2. The van der Waals surface area contributed by atoms with E-state index in [9.17, 15) is 9.59 Å². The molecule has 2 aromatic carbocycles. The number of hydrogen-bond donors (Lipinski definition) is 2. The van der Waals surface area contributed by atoms with Gasteiger partial charge in [0.05, 0.1) is 22.3 Å². The Hall–Kier alpha value is -2.24. The number of anilines is 2. The predicted octanol–water partition coefficient (Wildman–Crippen LogP) is 4.28. The highest BCUT2D eigenvalue weighted by Gasteiger charge is 2.19. The maximum Gasteiger partial charge on any atom is 0.253 e. The fraction of sp³-hybridized carbons (Fsp3) is 0.263. The van der Waals surface area contributed by atoms with Crippen LogP contribution in [-0.4, -0.2) is 36.3 Å². The van der Waals surface area contributed by atoms with Gasteiger partial charge in [-0.2, -0.15) is 0 Å². The second kappa shape index (κ2) is 8.43. The summed E-state index contributed by atoms with van der Waals surface area (Å²) in [6, 6.07) is 12.1. The van der Waals surface area contributed by atoms with E-state index >= 15 is 0 Å². The number of carbonyl (C=O) groups excluding carboxylic acids is 2. The van der Waals surface area contributed by atoms with Gasteiger partial charge in [-0.1, -0.05) is 29.3 Å². The molecule has 0 saturated carbocycles.